The van der Waals surface area contributed by atoms with Crippen LogP contribution in [0.5, 0.6) is 0 Å². The van der Waals surface area contributed by atoms with Crippen LogP contribution in [0.4, 0.5) is 0 Å². The molecule has 1 fully saturated rings. The van der Waals surface area contributed by atoms with Gasteiger partial charge in [-0.2, -0.15) is 0 Å². The number of ether oxygens (including phenoxy) is 1. The van der Waals surface area contributed by atoms with Crippen molar-refractivity contribution in [2.24, 2.45) is 5.92 Å². The molecule has 1 heterocycles. The minimum atomic E-state index is -0.0126. The zero-order valence-electron chi connectivity index (χ0n) is 15.1. The number of carbonyl (C=O) groups excluding carboxylic acids is 2. The van der Waals surface area contributed by atoms with Gasteiger partial charge in [0.2, 0.25) is 11.8 Å². The summed E-state index contributed by atoms with van der Waals surface area (Å²) in [6.07, 6.45) is 0. The molecule has 138 valence electrons. The fraction of sp³-hybridized carbons (Fsp3) is 0.579. The maximum Gasteiger partial charge on any atom is 0.232 e. The van der Waals surface area contributed by atoms with Crippen LogP contribution >= 0.6 is 11.8 Å². The smallest absolute Gasteiger partial charge is 0.232 e. The first-order valence-corrected chi connectivity index (χ1v) is 9.98. The Labute approximate surface area is 154 Å². The van der Waals surface area contributed by atoms with E-state index in [9.17, 15) is 9.59 Å². The van der Waals surface area contributed by atoms with Gasteiger partial charge in [-0.25, -0.2) is 0 Å². The predicted molar refractivity (Wildman–Crippen MR) is 102 cm³/mol. The Morgan fingerprint density at radius 3 is 2.48 bits per heavy atom. The fourth-order valence-electron chi connectivity index (χ4n) is 2.85. The van der Waals surface area contributed by atoms with E-state index in [-0.39, 0.29) is 11.8 Å². The molecule has 0 saturated carbocycles. The molecule has 2 rings (SSSR count). The molecule has 6 heteroatoms. The van der Waals surface area contributed by atoms with Gasteiger partial charge in [-0.05, 0) is 11.5 Å². The molecule has 1 saturated heterocycles. The summed E-state index contributed by atoms with van der Waals surface area (Å²) >= 11 is 1.37. The molecule has 1 N–H and O–H groups in total. The van der Waals surface area contributed by atoms with Crippen molar-refractivity contribution in [2.75, 3.05) is 44.4 Å². The molecule has 1 atom stereocenters. The lowest BCUT2D eigenvalue weighted by Crippen LogP contribution is -2.41. The van der Waals surface area contributed by atoms with E-state index in [1.54, 1.807) is 4.90 Å². The summed E-state index contributed by atoms with van der Waals surface area (Å²) in [6.45, 7) is 7.47. The normalized spacial score (nSPS) is 15.9. The predicted octanol–water partition coefficient (Wildman–Crippen LogP) is 2.13. The van der Waals surface area contributed by atoms with E-state index >= 15 is 0 Å². The summed E-state index contributed by atoms with van der Waals surface area (Å²) in [4.78, 5) is 25.9. The number of hydrogen-bond donors (Lipinski definition) is 1. The van der Waals surface area contributed by atoms with Crippen molar-refractivity contribution in [1.29, 1.82) is 0 Å². The lowest BCUT2D eigenvalue weighted by molar-refractivity contribution is -0.132. The van der Waals surface area contributed by atoms with E-state index in [4.69, 9.17) is 4.74 Å². The summed E-state index contributed by atoms with van der Waals surface area (Å²) in [7, 11) is 0. The van der Waals surface area contributed by atoms with Crippen molar-refractivity contribution >= 4 is 23.6 Å². The van der Waals surface area contributed by atoms with E-state index in [0.29, 0.717) is 56.2 Å². The second kappa shape index (κ2) is 10.5. The van der Waals surface area contributed by atoms with Crippen molar-refractivity contribution < 1.29 is 14.3 Å². The van der Waals surface area contributed by atoms with E-state index in [1.165, 1.54) is 17.3 Å². The highest BCUT2D eigenvalue weighted by molar-refractivity contribution is 8.00. The van der Waals surface area contributed by atoms with Gasteiger partial charge in [0.15, 0.2) is 0 Å². The quantitative estimate of drug-likeness (QED) is 0.768. The van der Waals surface area contributed by atoms with E-state index in [0.717, 1.165) is 0 Å². The van der Waals surface area contributed by atoms with Gasteiger partial charge in [0, 0.05) is 25.6 Å². The van der Waals surface area contributed by atoms with Gasteiger partial charge in [-0.3, -0.25) is 9.59 Å². The number of thioether (sulfide) groups is 1. The molecule has 0 bridgehead atoms. The molecule has 1 aliphatic heterocycles. The van der Waals surface area contributed by atoms with Gasteiger partial charge >= 0.3 is 0 Å². The van der Waals surface area contributed by atoms with Gasteiger partial charge in [-0.1, -0.05) is 44.2 Å². The van der Waals surface area contributed by atoms with Gasteiger partial charge in [-0.15, -0.1) is 11.8 Å². The lowest BCUT2D eigenvalue weighted by atomic mass is 9.88. The average molecular weight is 365 g/mol. The molecular weight excluding hydrogens is 336 g/mol. The van der Waals surface area contributed by atoms with E-state index in [1.807, 2.05) is 18.2 Å². The topological polar surface area (TPSA) is 58.6 Å². The Bertz CT molecular complexity index is 545. The van der Waals surface area contributed by atoms with Crippen LogP contribution in [0.1, 0.15) is 25.3 Å². The monoisotopic (exact) mass is 364 g/mol. The van der Waals surface area contributed by atoms with Crippen molar-refractivity contribution in [3.05, 3.63) is 35.9 Å². The maximum atomic E-state index is 12.1. The second-order valence-corrected chi connectivity index (χ2v) is 7.54. The summed E-state index contributed by atoms with van der Waals surface area (Å²) in [5.41, 5.74) is 1.24. The van der Waals surface area contributed by atoms with Crippen LogP contribution in [0.15, 0.2) is 30.3 Å². The molecule has 0 aliphatic carbocycles. The van der Waals surface area contributed by atoms with Gasteiger partial charge in [0.25, 0.3) is 0 Å². The van der Waals surface area contributed by atoms with Gasteiger partial charge in [0.05, 0.1) is 24.7 Å². The van der Waals surface area contributed by atoms with Crippen molar-refractivity contribution in [3.8, 4) is 0 Å². The highest BCUT2D eigenvalue weighted by atomic mass is 32.2. The minimum Gasteiger partial charge on any atom is -0.378 e. The van der Waals surface area contributed by atoms with Crippen molar-refractivity contribution in [2.45, 2.75) is 19.8 Å². The molecular formula is C19H28N2O3S. The number of amides is 2. The standard InChI is InChI=1S/C19H28N2O3S/c1-15(2)17(16-6-4-3-5-7-16)12-20-18(22)13-25-14-19(23)21-8-10-24-11-9-21/h3-7,15,17H,8-14H2,1-2H3,(H,20,22). The largest absolute Gasteiger partial charge is 0.378 e. The number of nitrogens with one attached hydrogen (secondary N) is 1. The van der Waals surface area contributed by atoms with Gasteiger partial charge < -0.3 is 15.0 Å². The molecule has 5 nitrogen and oxygen atoms in total. The SMILES string of the molecule is CC(C)C(CNC(=O)CSCC(=O)N1CCOCC1)c1ccccc1. The molecule has 0 aromatic heterocycles. The van der Waals surface area contributed by atoms with E-state index < -0.39 is 0 Å². The Hall–Kier alpha value is -1.53. The number of morpholine rings is 1. The molecule has 1 aromatic rings. The Morgan fingerprint density at radius 1 is 1.16 bits per heavy atom. The van der Waals surface area contributed by atoms with Crippen molar-refractivity contribution in [1.82, 2.24) is 10.2 Å². The van der Waals surface area contributed by atoms with Crippen LogP contribution < -0.4 is 5.32 Å². The molecule has 1 unspecified atom stereocenters. The van der Waals surface area contributed by atoms with Crippen LogP contribution in [-0.2, 0) is 14.3 Å². The summed E-state index contributed by atoms with van der Waals surface area (Å²) < 4.78 is 5.24. The highest BCUT2D eigenvalue weighted by Gasteiger charge is 2.18. The van der Waals surface area contributed by atoms with Crippen LogP contribution in [0.3, 0.4) is 0 Å². The lowest BCUT2D eigenvalue weighted by Gasteiger charge is -2.26. The third-order valence-corrected chi connectivity index (χ3v) is 5.29. The molecule has 1 aliphatic rings. The Kier molecular flexibility index (Phi) is 8.28. The number of nitrogens with zero attached hydrogens (tertiary/aromatic N) is 1. The Balaban J connectivity index is 1.69. The van der Waals surface area contributed by atoms with Crippen LogP contribution in [0.2, 0.25) is 0 Å². The second-order valence-electron chi connectivity index (χ2n) is 6.55. The number of hydrogen-bond acceptors (Lipinski definition) is 4. The zero-order valence-corrected chi connectivity index (χ0v) is 15.9. The molecule has 25 heavy (non-hydrogen) atoms. The molecule has 0 spiro atoms. The first kappa shape index (κ1) is 19.8. The minimum absolute atomic E-state index is 0.0126. The van der Waals surface area contributed by atoms with Crippen LogP contribution in [-0.4, -0.2) is 61.1 Å². The summed E-state index contributed by atoms with van der Waals surface area (Å²) in [5.74, 6) is 1.48. The highest BCUT2D eigenvalue weighted by Crippen LogP contribution is 2.23. The zero-order chi connectivity index (χ0) is 18.1. The first-order chi connectivity index (χ1) is 12.1. The third kappa shape index (κ3) is 6.71. The molecule has 0 radical (unpaired) electrons. The number of benzene rings is 1. The van der Waals surface area contributed by atoms with E-state index in [2.05, 4.69) is 31.3 Å². The summed E-state index contributed by atoms with van der Waals surface area (Å²) in [5, 5.41) is 3.01. The first-order valence-electron chi connectivity index (χ1n) is 8.83. The third-order valence-electron chi connectivity index (χ3n) is 4.37. The molecule has 1 aromatic carbocycles. The number of carbonyl (C=O) groups is 2. The fourth-order valence-corrected chi connectivity index (χ4v) is 3.60. The van der Waals surface area contributed by atoms with Crippen LogP contribution in [0, 0.1) is 5.92 Å². The van der Waals surface area contributed by atoms with Crippen LogP contribution in [0.25, 0.3) is 0 Å². The maximum absolute atomic E-state index is 12.1. The average Bonchev–Trinajstić information content (AvgIpc) is 2.63. The van der Waals surface area contributed by atoms with Gasteiger partial charge in [0.1, 0.15) is 0 Å². The Morgan fingerprint density at radius 2 is 1.84 bits per heavy atom. The number of rotatable bonds is 8. The summed E-state index contributed by atoms with van der Waals surface area (Å²) in [6, 6.07) is 10.3. The van der Waals surface area contributed by atoms with Crippen molar-refractivity contribution in [3.63, 3.8) is 0 Å². The molecule has 2 amide bonds.